The van der Waals surface area contributed by atoms with E-state index in [1.807, 2.05) is 55.6 Å². The van der Waals surface area contributed by atoms with Crippen LogP contribution in [0.25, 0.3) is 45.0 Å². The van der Waals surface area contributed by atoms with Crippen molar-refractivity contribution >= 4 is 133 Å². The number of piperazine rings is 1. The van der Waals surface area contributed by atoms with Gasteiger partial charge in [-0.3, -0.25) is 39.1 Å². The summed E-state index contributed by atoms with van der Waals surface area (Å²) >= 11 is 25.1. The first-order valence-corrected chi connectivity index (χ1v) is 44.4. The topological polar surface area (TPSA) is 388 Å². The van der Waals surface area contributed by atoms with Crippen molar-refractivity contribution in [2.24, 2.45) is 0 Å². The predicted molar refractivity (Wildman–Crippen MR) is 467 cm³/mol. The molecule has 626 valence electrons. The first-order chi connectivity index (χ1) is 58.1. The van der Waals surface area contributed by atoms with E-state index in [0.29, 0.717) is 146 Å². The van der Waals surface area contributed by atoms with Gasteiger partial charge < -0.3 is 41.1 Å². The smallest absolute Gasteiger partial charge is 0.255 e. The van der Waals surface area contributed by atoms with Crippen molar-refractivity contribution < 1.29 is 67.8 Å². The summed E-state index contributed by atoms with van der Waals surface area (Å²) in [6.07, 6.45) is 6.64. The predicted octanol–water partition coefficient (Wildman–Crippen LogP) is 13.1. The molecule has 36 heteroatoms. The molecule has 6 heterocycles. The molecule has 2 saturated heterocycles. The van der Waals surface area contributed by atoms with Gasteiger partial charge in [0, 0.05) is 144 Å². The molecule has 14 rings (SSSR count). The number of morpholine rings is 1. The molecule has 0 unspecified atom stereocenters. The average molecular weight is 1790 g/mol. The van der Waals surface area contributed by atoms with Gasteiger partial charge in [-0.25, -0.2) is 43.1 Å². The Morgan fingerprint density at radius 3 is 0.975 bits per heavy atom. The number of rotatable bonds is 24. The quantitative estimate of drug-likeness (QED) is 0.0278. The van der Waals surface area contributed by atoms with Gasteiger partial charge in [-0.15, -0.1) is 0 Å². The van der Waals surface area contributed by atoms with E-state index in [1.54, 1.807) is 146 Å². The Balaban J connectivity index is 0.000000158. The summed E-state index contributed by atoms with van der Waals surface area (Å²) in [7, 11) is -12.9. The highest BCUT2D eigenvalue weighted by Crippen LogP contribution is 2.35. The lowest BCUT2D eigenvalue weighted by Gasteiger charge is -2.31. The molecule has 0 bridgehead atoms. The van der Waals surface area contributed by atoms with E-state index in [9.17, 15) is 52.8 Å². The van der Waals surface area contributed by atoms with Gasteiger partial charge in [-0.1, -0.05) is 88.9 Å². The van der Waals surface area contributed by atoms with Gasteiger partial charge in [0.2, 0.25) is 40.1 Å². The number of amides is 4. The Kier molecular flexibility index (Phi) is 31.8. The second-order valence-electron chi connectivity index (χ2n) is 26.5. The molecular formula is C85H79Cl4N13O15S4. The molecule has 0 atom stereocenters. The summed E-state index contributed by atoms with van der Waals surface area (Å²) in [6, 6.07) is 65.4. The Bertz CT molecular complexity index is 6140. The van der Waals surface area contributed by atoms with E-state index in [2.05, 4.69) is 55.5 Å². The first-order valence-electron chi connectivity index (χ1n) is 37.1. The zero-order valence-corrected chi connectivity index (χ0v) is 70.7. The van der Waals surface area contributed by atoms with E-state index < -0.39 is 63.7 Å². The summed E-state index contributed by atoms with van der Waals surface area (Å²) in [6.45, 7) is 2.67. The van der Waals surface area contributed by atoms with Crippen molar-refractivity contribution in [3.8, 4) is 45.0 Å². The van der Waals surface area contributed by atoms with E-state index in [4.69, 9.17) is 61.4 Å². The third-order valence-corrected chi connectivity index (χ3v) is 26.2. The van der Waals surface area contributed by atoms with Crippen molar-refractivity contribution in [3.05, 3.63) is 310 Å². The van der Waals surface area contributed by atoms with E-state index in [0.717, 1.165) is 0 Å². The average Bonchev–Trinajstić information content (AvgIpc) is 0.793. The van der Waals surface area contributed by atoms with Crippen LogP contribution >= 0.6 is 46.4 Å². The van der Waals surface area contributed by atoms with Crippen LogP contribution in [0.1, 0.15) is 41.4 Å². The molecule has 121 heavy (non-hydrogen) atoms. The first kappa shape index (κ1) is 90.6. The highest BCUT2D eigenvalue weighted by molar-refractivity contribution is 7.90. The fraction of sp³-hybridized carbons (Fsp3) is 0.153. The number of ether oxygens (including phenoxy) is 1. The molecule has 0 spiro atoms. The summed E-state index contributed by atoms with van der Waals surface area (Å²) in [5.74, 6) is -1.70. The van der Waals surface area contributed by atoms with Crippen molar-refractivity contribution in [1.29, 1.82) is 0 Å². The van der Waals surface area contributed by atoms with Gasteiger partial charge >= 0.3 is 0 Å². The second-order valence-corrected chi connectivity index (χ2v) is 35.6. The molecule has 0 radical (unpaired) electrons. The third kappa shape index (κ3) is 24.6. The van der Waals surface area contributed by atoms with Gasteiger partial charge in [0.15, 0.2) is 0 Å². The fourth-order valence-corrected chi connectivity index (χ4v) is 17.8. The standard InChI is InChI=1S/C23H23ClN4O3S.C22H20ClN3O4S.2C20H18ClN3O4S/c1-27-11-13-28(14-12-27)32(30,31)19-6-4-5-17(15-19)23(29)26-18-8-9-21(24)20(16-18)22-7-2-3-10-25-22;23-20-8-7-17(15-19(20)21-6-1-2-9-24-21)25-22(27)16-4-3-5-18(14-16)31(28,29)26-10-12-30-13-11-26;21-18-8-7-15(13-17(18)19-6-1-2-9-22-19)24-20(26)14-4-3-5-16(12-14)29(27,28)23-10-11-25;21-18-9-6-15(13-17(18)19-3-1-2-10-22-19)24-20(26)14-4-7-16(8-5-14)29(27,28)23-11-12-25/h2-10,15-16H,11-14H2,1H3,(H,26,29);1-9,14-15H,10-13H2,(H,25,27);1-9,12-13,23,25H,10-11H2,(H,24,26);1-10,13,23,25H,11-12H2,(H,24,26). The van der Waals surface area contributed by atoms with Crippen LogP contribution in [0.2, 0.25) is 20.1 Å². The number of aromatic nitrogens is 4. The lowest BCUT2D eigenvalue weighted by atomic mass is 10.1. The van der Waals surface area contributed by atoms with Crippen LogP contribution in [0.15, 0.2) is 287 Å². The Morgan fingerprint density at radius 2 is 0.653 bits per heavy atom. The van der Waals surface area contributed by atoms with Crippen LogP contribution in [0.4, 0.5) is 22.7 Å². The lowest BCUT2D eigenvalue weighted by Crippen LogP contribution is -2.47. The number of anilines is 4. The maximum atomic E-state index is 13.0. The number of nitrogens with one attached hydrogen (secondary N) is 6. The van der Waals surface area contributed by atoms with Gasteiger partial charge in [-0.05, 0) is 207 Å². The number of hydrogen-bond donors (Lipinski definition) is 8. The van der Waals surface area contributed by atoms with Crippen molar-refractivity contribution in [2.45, 2.75) is 19.6 Å². The SMILES string of the molecule is CN1CCN(S(=O)(=O)c2cccc(C(=O)Nc3ccc(Cl)c(-c4ccccn4)c3)c2)CC1.O=C(Nc1ccc(Cl)c(-c2ccccn2)c1)c1ccc(S(=O)(=O)NCCO)cc1.O=C(Nc1ccc(Cl)c(-c2ccccn2)c1)c1cccc(S(=O)(=O)N2CCOCC2)c1.O=C(Nc1ccc(Cl)c(-c2ccccn2)c1)c1cccc(S(=O)(=O)NCCO)c1. The van der Waals surface area contributed by atoms with Gasteiger partial charge in [-0.2, -0.15) is 8.61 Å². The summed E-state index contributed by atoms with van der Waals surface area (Å²) in [4.78, 5) is 70.2. The van der Waals surface area contributed by atoms with Crippen LogP contribution in [-0.2, 0) is 44.8 Å². The van der Waals surface area contributed by atoms with E-state index >= 15 is 0 Å². The zero-order chi connectivity index (χ0) is 86.3. The highest BCUT2D eigenvalue weighted by Gasteiger charge is 2.30. The molecule has 8 aromatic carbocycles. The molecule has 28 nitrogen and oxygen atoms in total. The Hall–Kier alpha value is -11.1. The number of aliphatic hydroxyl groups excluding tert-OH is 2. The third-order valence-electron chi connectivity index (χ3n) is 18.2. The molecule has 8 N–H and O–H groups in total. The van der Waals surface area contributed by atoms with Crippen LogP contribution < -0.4 is 30.7 Å². The van der Waals surface area contributed by atoms with Gasteiger partial charge in [0.1, 0.15) is 0 Å². The normalized spacial score (nSPS) is 13.3. The minimum atomic E-state index is -3.82. The number of hydrogen-bond acceptors (Lipinski definition) is 20. The maximum absolute atomic E-state index is 13.0. The monoisotopic (exact) mass is 1790 g/mol. The Morgan fingerprint density at radius 1 is 0.347 bits per heavy atom. The number of carbonyl (C=O) groups excluding carboxylic acids is 4. The van der Waals surface area contributed by atoms with Crippen molar-refractivity contribution in [2.75, 3.05) is 107 Å². The van der Waals surface area contributed by atoms with Crippen molar-refractivity contribution in [1.82, 2.24) is 42.9 Å². The van der Waals surface area contributed by atoms with E-state index in [-0.39, 0.29) is 62.6 Å². The number of halogens is 4. The maximum Gasteiger partial charge on any atom is 0.255 e. The molecule has 2 fully saturated rings. The molecular weight excluding hydrogens is 1710 g/mol. The van der Waals surface area contributed by atoms with Crippen molar-refractivity contribution in [3.63, 3.8) is 0 Å². The van der Waals surface area contributed by atoms with Crippen LogP contribution in [-0.4, -0.2) is 187 Å². The number of sulfonamides is 4. The fourth-order valence-electron chi connectivity index (χ4n) is 11.9. The number of carbonyl (C=O) groups is 4. The largest absolute Gasteiger partial charge is 0.395 e. The molecule has 2 aliphatic heterocycles. The highest BCUT2D eigenvalue weighted by atomic mass is 35.5. The lowest BCUT2D eigenvalue weighted by molar-refractivity contribution is 0.0730. The second kappa shape index (κ2) is 42.4. The summed E-state index contributed by atoms with van der Waals surface area (Å²) in [5.41, 5.74) is 8.48. The number of aliphatic hydroxyl groups is 2. The van der Waals surface area contributed by atoms with E-state index in [1.165, 1.54) is 81.4 Å². The van der Waals surface area contributed by atoms with Gasteiger partial charge in [0.05, 0.1) is 88.9 Å². The molecule has 2 aliphatic rings. The number of pyridine rings is 4. The minimum Gasteiger partial charge on any atom is -0.395 e. The molecule has 4 aromatic heterocycles. The van der Waals surface area contributed by atoms with Gasteiger partial charge in [0.25, 0.3) is 23.6 Å². The van der Waals surface area contributed by atoms with Crippen LogP contribution in [0.5, 0.6) is 0 Å². The molecule has 4 amide bonds. The summed E-state index contributed by atoms with van der Waals surface area (Å²) < 4.78 is 113. The molecule has 12 aromatic rings. The minimum absolute atomic E-state index is 0.00595. The number of nitrogens with zero attached hydrogens (tertiary/aromatic N) is 7. The van der Waals surface area contributed by atoms with Crippen LogP contribution in [0.3, 0.4) is 0 Å². The molecule has 0 saturated carbocycles. The Labute approximate surface area is 719 Å². The summed E-state index contributed by atoms with van der Waals surface area (Å²) in [5, 5.41) is 30.7. The number of likely N-dealkylation sites (N-methyl/N-ethyl adjacent to an activating group) is 1. The molecule has 0 aliphatic carbocycles. The van der Waals surface area contributed by atoms with Crippen LogP contribution in [0, 0.1) is 0 Å². The number of benzene rings is 8. The zero-order valence-electron chi connectivity index (χ0n) is 64.4.